The molecular formula is C17H28N2S. The van der Waals surface area contributed by atoms with Crippen molar-refractivity contribution in [2.24, 2.45) is 5.73 Å². The number of hydrogen-bond donors (Lipinski definition) is 1. The van der Waals surface area contributed by atoms with E-state index in [1.54, 1.807) is 0 Å². The molecule has 2 nitrogen and oxygen atoms in total. The topological polar surface area (TPSA) is 29.3 Å². The highest BCUT2D eigenvalue weighted by Gasteiger charge is 2.28. The lowest BCUT2D eigenvalue weighted by molar-refractivity contribution is 0.210. The number of nitrogens with zero attached hydrogens (tertiary/aromatic N) is 1. The van der Waals surface area contributed by atoms with Crippen LogP contribution in [0.4, 0.5) is 0 Å². The molecule has 0 spiro atoms. The molecule has 1 atom stereocenters. The highest BCUT2D eigenvalue weighted by Crippen LogP contribution is 2.34. The Bertz CT molecular complexity index is 456. The van der Waals surface area contributed by atoms with Crippen molar-refractivity contribution in [1.82, 2.24) is 4.90 Å². The summed E-state index contributed by atoms with van der Waals surface area (Å²) >= 11 is 2.09. The molecule has 1 heterocycles. The Hall–Kier alpha value is -0.510. The van der Waals surface area contributed by atoms with E-state index in [0.717, 1.165) is 13.1 Å². The van der Waals surface area contributed by atoms with Gasteiger partial charge in [-0.15, -0.1) is 0 Å². The maximum absolute atomic E-state index is 6.12. The Kier molecular flexibility index (Phi) is 5.16. The maximum atomic E-state index is 6.12. The SMILES string of the molecule is Cc1cccc(C(CN)N2CCSC(C)(C)CC2)c1C. The van der Waals surface area contributed by atoms with Gasteiger partial charge in [-0.2, -0.15) is 11.8 Å². The van der Waals surface area contributed by atoms with Crippen LogP contribution in [0.25, 0.3) is 0 Å². The molecule has 1 aromatic rings. The zero-order valence-electron chi connectivity index (χ0n) is 13.3. The van der Waals surface area contributed by atoms with Gasteiger partial charge in [-0.3, -0.25) is 4.90 Å². The van der Waals surface area contributed by atoms with Gasteiger partial charge in [0, 0.05) is 36.2 Å². The molecule has 0 bridgehead atoms. The van der Waals surface area contributed by atoms with Crippen molar-refractivity contribution >= 4 is 11.8 Å². The van der Waals surface area contributed by atoms with Gasteiger partial charge in [0.2, 0.25) is 0 Å². The van der Waals surface area contributed by atoms with E-state index in [2.05, 4.69) is 62.6 Å². The number of thioether (sulfide) groups is 1. The van der Waals surface area contributed by atoms with E-state index in [-0.39, 0.29) is 0 Å². The Morgan fingerprint density at radius 3 is 2.75 bits per heavy atom. The first kappa shape index (κ1) is 15.9. The standard InChI is InChI=1S/C17H28N2S/c1-13-6-5-7-15(14(13)2)16(12-18)19-9-8-17(3,4)20-11-10-19/h5-7,16H,8-12,18H2,1-4H3. The van der Waals surface area contributed by atoms with Gasteiger partial charge >= 0.3 is 0 Å². The van der Waals surface area contributed by atoms with Crippen molar-refractivity contribution in [3.05, 3.63) is 34.9 Å². The summed E-state index contributed by atoms with van der Waals surface area (Å²) in [5.41, 5.74) is 10.3. The van der Waals surface area contributed by atoms with Gasteiger partial charge in [-0.25, -0.2) is 0 Å². The molecule has 112 valence electrons. The average Bonchev–Trinajstić information content (AvgIpc) is 2.57. The van der Waals surface area contributed by atoms with Crippen LogP contribution >= 0.6 is 11.8 Å². The van der Waals surface area contributed by atoms with Crippen molar-refractivity contribution in [3.8, 4) is 0 Å². The fourth-order valence-electron chi connectivity index (χ4n) is 2.96. The van der Waals surface area contributed by atoms with Gasteiger partial charge in [0.05, 0.1) is 0 Å². The van der Waals surface area contributed by atoms with Gasteiger partial charge in [0.25, 0.3) is 0 Å². The summed E-state index contributed by atoms with van der Waals surface area (Å²) in [4.78, 5) is 2.59. The molecule has 2 N–H and O–H groups in total. The largest absolute Gasteiger partial charge is 0.329 e. The fourth-order valence-corrected chi connectivity index (χ4v) is 4.07. The van der Waals surface area contributed by atoms with Gasteiger partial charge in [-0.05, 0) is 37.0 Å². The molecule has 1 saturated heterocycles. The third kappa shape index (κ3) is 3.57. The van der Waals surface area contributed by atoms with Crippen LogP contribution < -0.4 is 5.73 Å². The van der Waals surface area contributed by atoms with Crippen LogP contribution in [-0.4, -0.2) is 35.0 Å². The van der Waals surface area contributed by atoms with Gasteiger partial charge in [-0.1, -0.05) is 32.0 Å². The van der Waals surface area contributed by atoms with Crippen molar-refractivity contribution < 1.29 is 0 Å². The lowest BCUT2D eigenvalue weighted by Gasteiger charge is -2.31. The minimum atomic E-state index is 0.365. The van der Waals surface area contributed by atoms with E-state index >= 15 is 0 Å². The summed E-state index contributed by atoms with van der Waals surface area (Å²) in [5, 5.41) is 0. The van der Waals surface area contributed by atoms with Crippen LogP contribution in [0.1, 0.15) is 43.0 Å². The summed E-state index contributed by atoms with van der Waals surface area (Å²) in [6, 6.07) is 6.97. The van der Waals surface area contributed by atoms with Crippen molar-refractivity contribution in [2.75, 3.05) is 25.4 Å². The lowest BCUT2D eigenvalue weighted by Crippen LogP contribution is -2.36. The molecule has 1 aliphatic heterocycles. The summed E-state index contributed by atoms with van der Waals surface area (Å²) in [5.74, 6) is 1.20. The summed E-state index contributed by atoms with van der Waals surface area (Å²) in [6.07, 6.45) is 1.24. The highest BCUT2D eigenvalue weighted by atomic mass is 32.2. The summed E-state index contributed by atoms with van der Waals surface area (Å²) in [7, 11) is 0. The first-order valence-electron chi connectivity index (χ1n) is 7.59. The molecule has 3 heteroatoms. The second-order valence-electron chi connectivity index (χ2n) is 6.43. The number of rotatable bonds is 3. The Labute approximate surface area is 128 Å². The van der Waals surface area contributed by atoms with E-state index in [9.17, 15) is 0 Å². The Balaban J connectivity index is 2.21. The quantitative estimate of drug-likeness (QED) is 0.924. The second-order valence-corrected chi connectivity index (χ2v) is 8.24. The smallest absolute Gasteiger partial charge is 0.0473 e. The third-order valence-corrected chi connectivity index (χ3v) is 5.91. The van der Waals surface area contributed by atoms with Crippen LogP contribution in [0.5, 0.6) is 0 Å². The second kappa shape index (κ2) is 6.50. The number of hydrogen-bond acceptors (Lipinski definition) is 3. The lowest BCUT2D eigenvalue weighted by atomic mass is 9.96. The van der Waals surface area contributed by atoms with Crippen LogP contribution in [-0.2, 0) is 0 Å². The third-order valence-electron chi connectivity index (χ3n) is 4.54. The minimum Gasteiger partial charge on any atom is -0.329 e. The van der Waals surface area contributed by atoms with E-state index < -0.39 is 0 Å². The molecular weight excluding hydrogens is 264 g/mol. The zero-order chi connectivity index (χ0) is 14.8. The minimum absolute atomic E-state index is 0.365. The number of nitrogens with two attached hydrogens (primary N) is 1. The normalized spacial score (nSPS) is 21.4. The molecule has 0 saturated carbocycles. The van der Waals surface area contributed by atoms with Crippen LogP contribution in [0.15, 0.2) is 18.2 Å². The van der Waals surface area contributed by atoms with Crippen LogP contribution in [0, 0.1) is 13.8 Å². The molecule has 20 heavy (non-hydrogen) atoms. The number of benzene rings is 1. The maximum Gasteiger partial charge on any atom is 0.0473 e. The fraction of sp³-hybridized carbons (Fsp3) is 0.647. The summed E-state index contributed by atoms with van der Waals surface area (Å²) in [6.45, 7) is 12.1. The Morgan fingerprint density at radius 1 is 1.30 bits per heavy atom. The highest BCUT2D eigenvalue weighted by molar-refractivity contribution is 8.00. The molecule has 1 fully saturated rings. The van der Waals surface area contributed by atoms with E-state index in [1.807, 2.05) is 0 Å². The van der Waals surface area contributed by atoms with Crippen LogP contribution in [0.3, 0.4) is 0 Å². The predicted molar refractivity (Wildman–Crippen MR) is 90.4 cm³/mol. The van der Waals surface area contributed by atoms with E-state index in [4.69, 9.17) is 5.73 Å². The molecule has 2 rings (SSSR count). The molecule has 1 unspecified atom stereocenters. The molecule has 1 aromatic carbocycles. The summed E-state index contributed by atoms with van der Waals surface area (Å²) < 4.78 is 0.398. The molecule has 0 radical (unpaired) electrons. The first-order valence-corrected chi connectivity index (χ1v) is 8.57. The Morgan fingerprint density at radius 2 is 2.05 bits per heavy atom. The van der Waals surface area contributed by atoms with Crippen molar-refractivity contribution in [3.63, 3.8) is 0 Å². The van der Waals surface area contributed by atoms with Crippen molar-refractivity contribution in [1.29, 1.82) is 0 Å². The molecule has 1 aliphatic rings. The molecule has 0 aliphatic carbocycles. The monoisotopic (exact) mass is 292 g/mol. The number of aryl methyl sites for hydroxylation is 1. The molecule has 0 aromatic heterocycles. The van der Waals surface area contributed by atoms with E-state index in [1.165, 1.54) is 28.9 Å². The van der Waals surface area contributed by atoms with E-state index in [0.29, 0.717) is 17.3 Å². The first-order chi connectivity index (χ1) is 9.44. The van der Waals surface area contributed by atoms with Gasteiger partial charge in [0.1, 0.15) is 0 Å². The average molecular weight is 292 g/mol. The van der Waals surface area contributed by atoms with Crippen molar-refractivity contribution in [2.45, 2.75) is 44.9 Å². The van der Waals surface area contributed by atoms with Gasteiger partial charge in [0.15, 0.2) is 0 Å². The van der Waals surface area contributed by atoms with Crippen LogP contribution in [0.2, 0.25) is 0 Å². The van der Waals surface area contributed by atoms with Gasteiger partial charge < -0.3 is 5.73 Å². The predicted octanol–water partition coefficient (Wildman–Crippen LogP) is 3.52. The molecule has 0 amide bonds. The zero-order valence-corrected chi connectivity index (χ0v) is 14.1.